The highest BCUT2D eigenvalue weighted by atomic mass is 35.5. The summed E-state index contributed by atoms with van der Waals surface area (Å²) in [5.41, 5.74) is 1.69. The van der Waals surface area contributed by atoms with Crippen molar-refractivity contribution in [3.63, 3.8) is 0 Å². The average Bonchev–Trinajstić information content (AvgIpc) is 3.38. The molecule has 13 heteroatoms. The summed E-state index contributed by atoms with van der Waals surface area (Å²) >= 11 is 6.37. The van der Waals surface area contributed by atoms with Gasteiger partial charge in [-0.3, -0.25) is 9.69 Å². The fraction of sp³-hybridized carbons (Fsp3) is 0.519. The molecule has 0 unspecified atom stereocenters. The number of H-pyrrole nitrogens is 1. The van der Waals surface area contributed by atoms with Crippen LogP contribution in [0, 0.1) is 0 Å². The number of amides is 1. The minimum atomic E-state index is -0.0444. The number of methoxy groups -OCH3 is 1. The number of halogens is 1. The zero-order valence-electron chi connectivity index (χ0n) is 22.5. The summed E-state index contributed by atoms with van der Waals surface area (Å²) in [4.78, 5) is 30.3. The molecule has 3 aromatic rings. The number of rotatable bonds is 8. The number of benzene rings is 1. The Morgan fingerprint density at radius 3 is 2.65 bits per heavy atom. The molecule has 3 aliphatic heterocycles. The molecule has 0 bridgehead atoms. The number of aromatic nitrogens is 3. The van der Waals surface area contributed by atoms with E-state index in [-0.39, 0.29) is 5.91 Å². The molecular weight excluding hydrogens is 538 g/mol. The van der Waals surface area contributed by atoms with Gasteiger partial charge in [0, 0.05) is 52.1 Å². The molecule has 2 fully saturated rings. The van der Waals surface area contributed by atoms with E-state index in [0.29, 0.717) is 96.1 Å². The lowest BCUT2D eigenvalue weighted by Crippen LogP contribution is -2.50. The number of piperidine rings is 1. The highest BCUT2D eigenvalue weighted by Crippen LogP contribution is 2.42. The SMILES string of the molecule is COCCNc1nc(Nc2ccc(C(=O)N3CCC(N4CCOCC4)CC3)c3c2OCCO3)nc2[nH]cc(Cl)c12. The molecule has 0 spiro atoms. The van der Waals surface area contributed by atoms with Gasteiger partial charge in [-0.2, -0.15) is 9.97 Å². The van der Waals surface area contributed by atoms with Crippen molar-refractivity contribution in [2.75, 3.05) is 83.5 Å². The van der Waals surface area contributed by atoms with E-state index < -0.39 is 0 Å². The van der Waals surface area contributed by atoms with Crippen molar-refractivity contribution in [2.45, 2.75) is 18.9 Å². The largest absolute Gasteiger partial charge is 0.485 e. The zero-order chi connectivity index (χ0) is 27.5. The standard InChI is InChI=1S/C27H34ClN7O5/c1-37-11-6-29-24-21-19(28)16-30-25(21)33-27(32-24)31-20-3-2-18(22-23(20)40-15-14-39-22)26(36)35-7-4-17(5-8-35)34-9-12-38-13-10-34/h2-3,16-17H,4-15H2,1H3,(H3,29,30,31,32,33). The molecule has 1 amide bonds. The van der Waals surface area contributed by atoms with Crippen molar-refractivity contribution in [2.24, 2.45) is 0 Å². The number of carbonyl (C=O) groups excluding carboxylic acids is 1. The maximum atomic E-state index is 13.6. The van der Waals surface area contributed by atoms with Crippen LogP contribution in [-0.4, -0.2) is 110 Å². The molecule has 2 saturated heterocycles. The van der Waals surface area contributed by atoms with Gasteiger partial charge in [-0.15, -0.1) is 0 Å². The summed E-state index contributed by atoms with van der Waals surface area (Å²) in [5, 5.41) is 7.72. The van der Waals surface area contributed by atoms with Crippen LogP contribution in [0.1, 0.15) is 23.2 Å². The number of morpholine rings is 1. The lowest BCUT2D eigenvalue weighted by atomic mass is 10.0. The number of aromatic amines is 1. The molecule has 2 aromatic heterocycles. The fourth-order valence-corrected chi connectivity index (χ4v) is 5.76. The Kier molecular flexibility index (Phi) is 8.10. The fourth-order valence-electron chi connectivity index (χ4n) is 5.52. The summed E-state index contributed by atoms with van der Waals surface area (Å²) in [5.74, 6) is 1.79. The number of hydrogen-bond acceptors (Lipinski definition) is 10. The summed E-state index contributed by atoms with van der Waals surface area (Å²) in [6.07, 6.45) is 3.58. The average molecular weight is 572 g/mol. The van der Waals surface area contributed by atoms with Crippen molar-refractivity contribution < 1.29 is 23.7 Å². The van der Waals surface area contributed by atoms with Crippen molar-refractivity contribution in [3.8, 4) is 11.5 Å². The third kappa shape index (κ3) is 5.49. The van der Waals surface area contributed by atoms with Crippen LogP contribution in [0.3, 0.4) is 0 Å². The normalized spacial score (nSPS) is 18.2. The number of carbonyl (C=O) groups is 1. The maximum Gasteiger partial charge on any atom is 0.257 e. The second-order valence-corrected chi connectivity index (χ2v) is 10.4. The van der Waals surface area contributed by atoms with Gasteiger partial charge in [0.25, 0.3) is 5.91 Å². The van der Waals surface area contributed by atoms with Crippen LogP contribution < -0.4 is 20.1 Å². The van der Waals surface area contributed by atoms with E-state index in [1.807, 2.05) is 11.0 Å². The lowest BCUT2D eigenvalue weighted by Gasteiger charge is -2.40. The quantitative estimate of drug-likeness (QED) is 0.347. The van der Waals surface area contributed by atoms with Gasteiger partial charge in [0.2, 0.25) is 5.95 Å². The van der Waals surface area contributed by atoms with E-state index >= 15 is 0 Å². The molecule has 0 atom stereocenters. The van der Waals surface area contributed by atoms with Crippen LogP contribution in [0.25, 0.3) is 11.0 Å². The van der Waals surface area contributed by atoms with Gasteiger partial charge in [-0.05, 0) is 25.0 Å². The number of likely N-dealkylation sites (tertiary alicyclic amines) is 1. The Bertz CT molecular complexity index is 1350. The number of hydrogen-bond donors (Lipinski definition) is 3. The minimum Gasteiger partial charge on any atom is -0.485 e. The number of nitrogens with one attached hydrogen (secondary N) is 3. The Morgan fingerprint density at radius 1 is 1.10 bits per heavy atom. The van der Waals surface area contributed by atoms with E-state index in [9.17, 15) is 4.79 Å². The number of anilines is 3. The van der Waals surface area contributed by atoms with Gasteiger partial charge in [0.05, 0.1) is 41.5 Å². The lowest BCUT2D eigenvalue weighted by molar-refractivity contribution is 0.00152. The molecule has 6 rings (SSSR count). The monoisotopic (exact) mass is 571 g/mol. The molecule has 0 radical (unpaired) electrons. The van der Waals surface area contributed by atoms with Crippen LogP contribution in [0.2, 0.25) is 5.02 Å². The number of fused-ring (bicyclic) bond motifs is 2. The van der Waals surface area contributed by atoms with Gasteiger partial charge in [0.1, 0.15) is 24.7 Å². The molecular formula is C27H34ClN7O5. The van der Waals surface area contributed by atoms with Crippen LogP contribution in [0.5, 0.6) is 11.5 Å². The highest BCUT2D eigenvalue weighted by molar-refractivity contribution is 6.36. The van der Waals surface area contributed by atoms with Gasteiger partial charge in [-0.25, -0.2) is 0 Å². The van der Waals surface area contributed by atoms with Crippen molar-refractivity contribution >= 4 is 46.0 Å². The van der Waals surface area contributed by atoms with Gasteiger partial charge in [-0.1, -0.05) is 11.6 Å². The number of nitrogens with zero attached hydrogens (tertiary/aromatic N) is 4. The maximum absolute atomic E-state index is 13.6. The summed E-state index contributed by atoms with van der Waals surface area (Å²) in [7, 11) is 1.64. The minimum absolute atomic E-state index is 0.0444. The summed E-state index contributed by atoms with van der Waals surface area (Å²) in [6, 6.07) is 4.09. The first-order chi connectivity index (χ1) is 19.6. The Balaban J connectivity index is 1.21. The highest BCUT2D eigenvalue weighted by Gasteiger charge is 2.31. The van der Waals surface area contributed by atoms with Crippen LogP contribution in [0.4, 0.5) is 17.5 Å². The second kappa shape index (κ2) is 12.0. The second-order valence-electron chi connectivity index (χ2n) is 9.99. The predicted octanol–water partition coefficient (Wildman–Crippen LogP) is 3.12. The Morgan fingerprint density at radius 2 is 1.88 bits per heavy atom. The summed E-state index contributed by atoms with van der Waals surface area (Å²) < 4.78 is 22.7. The predicted molar refractivity (Wildman–Crippen MR) is 151 cm³/mol. The van der Waals surface area contributed by atoms with E-state index in [1.54, 1.807) is 19.4 Å². The van der Waals surface area contributed by atoms with Crippen LogP contribution >= 0.6 is 11.6 Å². The molecule has 214 valence electrons. The van der Waals surface area contributed by atoms with Crippen molar-refractivity contribution in [3.05, 3.63) is 28.9 Å². The molecule has 1 aromatic carbocycles. The zero-order valence-corrected chi connectivity index (χ0v) is 23.3. The molecule has 5 heterocycles. The molecule has 0 saturated carbocycles. The third-order valence-electron chi connectivity index (χ3n) is 7.56. The van der Waals surface area contributed by atoms with E-state index in [4.69, 9.17) is 30.5 Å². The van der Waals surface area contributed by atoms with E-state index in [2.05, 4.69) is 30.5 Å². The number of ether oxygens (including phenoxy) is 4. The van der Waals surface area contributed by atoms with E-state index in [0.717, 1.165) is 39.1 Å². The topological polar surface area (TPSA) is 126 Å². The van der Waals surface area contributed by atoms with E-state index in [1.165, 1.54) is 0 Å². The Labute approximate surface area is 237 Å². The molecule has 3 N–H and O–H groups in total. The van der Waals surface area contributed by atoms with Gasteiger partial charge in [0.15, 0.2) is 11.5 Å². The van der Waals surface area contributed by atoms with Gasteiger partial charge >= 0.3 is 0 Å². The first-order valence-electron chi connectivity index (χ1n) is 13.7. The van der Waals surface area contributed by atoms with Crippen molar-refractivity contribution in [1.29, 1.82) is 0 Å². The molecule has 40 heavy (non-hydrogen) atoms. The molecule has 3 aliphatic rings. The van der Waals surface area contributed by atoms with Crippen molar-refractivity contribution in [1.82, 2.24) is 24.8 Å². The third-order valence-corrected chi connectivity index (χ3v) is 7.86. The Hall–Kier alpha value is -3.32. The molecule has 0 aliphatic carbocycles. The van der Waals surface area contributed by atoms with Gasteiger partial charge < -0.3 is 39.5 Å². The smallest absolute Gasteiger partial charge is 0.257 e. The first kappa shape index (κ1) is 26.9. The van der Waals surface area contributed by atoms with Crippen LogP contribution in [0.15, 0.2) is 18.3 Å². The first-order valence-corrected chi connectivity index (χ1v) is 14.1. The van der Waals surface area contributed by atoms with Crippen LogP contribution in [-0.2, 0) is 9.47 Å². The summed E-state index contributed by atoms with van der Waals surface area (Å²) in [6.45, 7) is 6.72. The molecule has 12 nitrogen and oxygen atoms in total.